The van der Waals surface area contributed by atoms with Gasteiger partial charge in [0.15, 0.2) is 6.10 Å². The van der Waals surface area contributed by atoms with E-state index in [-0.39, 0.29) is 0 Å². The van der Waals surface area contributed by atoms with Crippen LogP contribution in [0.25, 0.3) is 10.9 Å². The minimum Gasteiger partial charge on any atom is -0.496 e. The molecule has 0 fully saturated rings. The lowest BCUT2D eigenvalue weighted by Gasteiger charge is -2.14. The topological polar surface area (TPSA) is 108 Å². The molecule has 0 spiro atoms. The second-order valence-electron chi connectivity index (χ2n) is 8.09. The number of amides is 1. The predicted octanol–water partition coefficient (Wildman–Crippen LogP) is 3.79. The summed E-state index contributed by atoms with van der Waals surface area (Å²) < 4.78 is 17.9. The average Bonchev–Trinajstić information content (AvgIpc) is 3.13. The third-order valence-electron chi connectivity index (χ3n) is 5.98. The van der Waals surface area contributed by atoms with Gasteiger partial charge in [0.2, 0.25) is 5.88 Å². The largest absolute Gasteiger partial charge is 0.496 e. The monoisotopic (exact) mass is 476 g/mol. The first-order valence-electron chi connectivity index (χ1n) is 11.0. The van der Waals surface area contributed by atoms with Crippen LogP contribution in [-0.2, 0) is 11.3 Å². The highest BCUT2D eigenvalue weighted by molar-refractivity contribution is 5.99. The van der Waals surface area contributed by atoms with E-state index in [4.69, 9.17) is 14.2 Å². The van der Waals surface area contributed by atoms with Gasteiger partial charge in [-0.1, -0.05) is 0 Å². The summed E-state index contributed by atoms with van der Waals surface area (Å²) in [5, 5.41) is 14.7. The van der Waals surface area contributed by atoms with Crippen LogP contribution in [0, 0.1) is 13.8 Å². The number of pyridine rings is 2. The highest BCUT2D eigenvalue weighted by Crippen LogP contribution is 2.36. The molecule has 0 saturated heterocycles. The number of anilines is 1. The summed E-state index contributed by atoms with van der Waals surface area (Å²) in [6.07, 6.45) is 1.76. The lowest BCUT2D eigenvalue weighted by molar-refractivity contribution is -0.124. The van der Waals surface area contributed by atoms with Crippen LogP contribution in [0.3, 0.4) is 0 Å². The van der Waals surface area contributed by atoms with E-state index in [1.165, 1.54) is 13.3 Å². The van der Waals surface area contributed by atoms with Crippen LogP contribution in [0.2, 0.25) is 0 Å². The maximum atomic E-state index is 13.1. The fraction of sp³-hybridized carbons (Fsp3) is 0.269. The number of aryl methyl sites for hydroxylation is 1. The zero-order valence-electron chi connectivity index (χ0n) is 20.3. The molecule has 9 nitrogen and oxygen atoms in total. The third-order valence-corrected chi connectivity index (χ3v) is 5.98. The summed E-state index contributed by atoms with van der Waals surface area (Å²) in [6.45, 7) is 4.29. The molecule has 35 heavy (non-hydrogen) atoms. The number of rotatable bonds is 8. The van der Waals surface area contributed by atoms with Crippen molar-refractivity contribution in [3.63, 3.8) is 0 Å². The lowest BCUT2D eigenvalue weighted by Crippen LogP contribution is -2.21. The lowest BCUT2D eigenvalue weighted by atomic mass is 10.0. The fourth-order valence-electron chi connectivity index (χ4n) is 4.13. The van der Waals surface area contributed by atoms with Gasteiger partial charge in [-0.3, -0.25) is 9.78 Å². The van der Waals surface area contributed by atoms with E-state index < -0.39 is 12.0 Å². The van der Waals surface area contributed by atoms with Gasteiger partial charge in [-0.15, -0.1) is 0 Å². The molecule has 4 aromatic rings. The van der Waals surface area contributed by atoms with Crippen molar-refractivity contribution in [1.82, 2.24) is 14.5 Å². The number of methoxy groups -OCH3 is 3. The summed E-state index contributed by atoms with van der Waals surface area (Å²) in [6, 6.07) is 10.8. The van der Waals surface area contributed by atoms with Crippen molar-refractivity contribution in [2.75, 3.05) is 26.6 Å². The molecule has 9 heteroatoms. The molecule has 2 N–H and O–H groups in total. The molecule has 1 atom stereocenters. The smallest absolute Gasteiger partial charge is 0.257 e. The van der Waals surface area contributed by atoms with Gasteiger partial charge in [0.1, 0.15) is 11.5 Å². The summed E-state index contributed by atoms with van der Waals surface area (Å²) >= 11 is 0. The number of hydrogen-bond acceptors (Lipinski definition) is 7. The van der Waals surface area contributed by atoms with Crippen LogP contribution >= 0.6 is 0 Å². The zero-order chi connectivity index (χ0) is 25.1. The van der Waals surface area contributed by atoms with Crippen molar-refractivity contribution in [2.45, 2.75) is 26.5 Å². The van der Waals surface area contributed by atoms with Gasteiger partial charge in [-0.2, -0.15) is 0 Å². The Morgan fingerprint density at radius 2 is 1.86 bits per heavy atom. The van der Waals surface area contributed by atoms with Gasteiger partial charge < -0.3 is 29.2 Å². The molecule has 0 aliphatic heterocycles. The molecule has 0 bridgehead atoms. The second-order valence-corrected chi connectivity index (χ2v) is 8.09. The van der Waals surface area contributed by atoms with Crippen molar-refractivity contribution in [3.05, 3.63) is 71.3 Å². The number of aliphatic hydroxyl groups excluding tert-OH is 1. The Balaban J connectivity index is 1.76. The van der Waals surface area contributed by atoms with Gasteiger partial charge in [-0.25, -0.2) is 4.98 Å². The van der Waals surface area contributed by atoms with Crippen molar-refractivity contribution < 1.29 is 24.1 Å². The molecule has 1 amide bonds. The van der Waals surface area contributed by atoms with Crippen molar-refractivity contribution in [1.29, 1.82) is 0 Å². The van der Waals surface area contributed by atoms with Gasteiger partial charge in [0, 0.05) is 40.1 Å². The Kier molecular flexibility index (Phi) is 6.88. The first-order valence-corrected chi connectivity index (χ1v) is 11.0. The normalized spacial score (nSPS) is 11.8. The quantitative estimate of drug-likeness (QED) is 0.398. The van der Waals surface area contributed by atoms with E-state index in [1.807, 2.05) is 42.7 Å². The predicted molar refractivity (Wildman–Crippen MR) is 132 cm³/mol. The van der Waals surface area contributed by atoms with E-state index in [9.17, 15) is 9.90 Å². The van der Waals surface area contributed by atoms with Crippen LogP contribution in [-0.4, -0.2) is 46.9 Å². The van der Waals surface area contributed by atoms with Crippen molar-refractivity contribution in [2.24, 2.45) is 0 Å². The van der Waals surface area contributed by atoms with Gasteiger partial charge >= 0.3 is 0 Å². The van der Waals surface area contributed by atoms with Crippen LogP contribution in [0.15, 0.2) is 48.8 Å². The summed E-state index contributed by atoms with van der Waals surface area (Å²) in [5.41, 5.74) is 4.35. The Morgan fingerprint density at radius 1 is 1.06 bits per heavy atom. The first kappa shape index (κ1) is 24.0. The highest BCUT2D eigenvalue weighted by atomic mass is 16.5. The minimum atomic E-state index is -1.42. The van der Waals surface area contributed by atoms with Crippen molar-refractivity contribution in [3.8, 4) is 17.4 Å². The number of fused-ring (bicyclic) bond motifs is 1. The summed E-state index contributed by atoms with van der Waals surface area (Å²) in [5.74, 6) is 1.13. The molecule has 0 aliphatic rings. The summed E-state index contributed by atoms with van der Waals surface area (Å²) in [4.78, 5) is 21.6. The van der Waals surface area contributed by atoms with Gasteiger partial charge in [-0.05, 0) is 49.7 Å². The van der Waals surface area contributed by atoms with Crippen molar-refractivity contribution >= 4 is 22.5 Å². The number of aromatic nitrogens is 3. The number of nitrogens with one attached hydrogen (secondary N) is 1. The van der Waals surface area contributed by atoms with Gasteiger partial charge in [0.25, 0.3) is 5.91 Å². The molecular formula is C26H28N4O5. The number of benzene rings is 1. The standard InChI is InChI=1S/C26H28N4O5/c1-15-10-21-20(12-22(15)34-4)24(16(2)30(21)14-18-6-7-19(33-3)13-28-18)25(31)26(32)29-17-8-9-27-23(11-17)35-5/h6-13,25,31H,14H2,1-5H3,(H,27,29,32). The Labute approximate surface area is 203 Å². The molecule has 1 unspecified atom stereocenters. The van der Waals surface area contributed by atoms with Crippen LogP contribution in [0.5, 0.6) is 17.4 Å². The number of nitrogens with zero attached hydrogens (tertiary/aromatic N) is 3. The molecule has 0 radical (unpaired) electrons. The second kappa shape index (κ2) is 10.0. The number of aliphatic hydroxyl groups is 1. The molecule has 3 heterocycles. The maximum Gasteiger partial charge on any atom is 0.257 e. The van der Waals surface area contributed by atoms with Crippen LogP contribution < -0.4 is 19.5 Å². The van der Waals surface area contributed by atoms with E-state index in [0.29, 0.717) is 35.2 Å². The van der Waals surface area contributed by atoms with E-state index in [0.717, 1.165) is 27.9 Å². The van der Waals surface area contributed by atoms with E-state index in [1.54, 1.807) is 32.5 Å². The van der Waals surface area contributed by atoms with E-state index >= 15 is 0 Å². The van der Waals surface area contributed by atoms with E-state index in [2.05, 4.69) is 15.3 Å². The molecule has 0 saturated carbocycles. The fourth-order valence-corrected chi connectivity index (χ4v) is 4.13. The first-order chi connectivity index (χ1) is 16.9. The number of carbonyl (C=O) groups is 1. The maximum absolute atomic E-state index is 13.1. The van der Waals surface area contributed by atoms with Crippen LogP contribution in [0.1, 0.15) is 28.6 Å². The Bertz CT molecular complexity index is 1360. The van der Waals surface area contributed by atoms with Crippen LogP contribution in [0.4, 0.5) is 5.69 Å². The Hall–Kier alpha value is -4.11. The van der Waals surface area contributed by atoms with Gasteiger partial charge in [0.05, 0.1) is 39.8 Å². The Morgan fingerprint density at radius 3 is 2.51 bits per heavy atom. The average molecular weight is 477 g/mol. The third kappa shape index (κ3) is 4.76. The molecule has 0 aliphatic carbocycles. The summed E-state index contributed by atoms with van der Waals surface area (Å²) in [7, 11) is 4.68. The molecule has 4 rings (SSSR count). The minimum absolute atomic E-state index is 0.359. The molecule has 1 aromatic carbocycles. The molecule has 182 valence electrons. The molecular weight excluding hydrogens is 448 g/mol. The highest BCUT2D eigenvalue weighted by Gasteiger charge is 2.27. The number of hydrogen-bond donors (Lipinski definition) is 2. The molecule has 3 aromatic heterocycles. The number of carbonyl (C=O) groups excluding carboxylic acids is 1. The SMILES string of the molecule is COc1ccc(Cn2c(C)c(C(O)C(=O)Nc3ccnc(OC)c3)c3cc(OC)c(C)cc32)nc1. The zero-order valence-corrected chi connectivity index (χ0v) is 20.3. The number of ether oxygens (including phenoxy) is 3.